The van der Waals surface area contributed by atoms with Crippen molar-refractivity contribution in [1.29, 1.82) is 0 Å². The average molecular weight is 439 g/mol. The van der Waals surface area contributed by atoms with Crippen molar-refractivity contribution in [3.05, 3.63) is 52.4 Å². The Bertz CT molecular complexity index is 922. The van der Waals surface area contributed by atoms with Gasteiger partial charge in [-0.1, -0.05) is 12.1 Å². The molecule has 1 aromatic rings. The van der Waals surface area contributed by atoms with Crippen LogP contribution in [0.15, 0.2) is 46.8 Å². The van der Waals surface area contributed by atoms with Crippen LogP contribution in [-0.2, 0) is 19.1 Å². The predicted molar refractivity (Wildman–Crippen MR) is 124 cm³/mol. The first kappa shape index (κ1) is 22.6. The highest BCUT2D eigenvalue weighted by Crippen LogP contribution is 2.42. The van der Waals surface area contributed by atoms with Crippen molar-refractivity contribution in [1.82, 2.24) is 5.32 Å². The third kappa shape index (κ3) is 4.46. The maximum Gasteiger partial charge on any atom is 0.336 e. The van der Waals surface area contributed by atoms with Gasteiger partial charge in [-0.05, 0) is 64.2 Å². The summed E-state index contributed by atoms with van der Waals surface area (Å²) in [4.78, 5) is 28.6. The molecule has 6 nitrogen and oxygen atoms in total. The molecule has 4 rings (SSSR count). The van der Waals surface area contributed by atoms with Crippen LogP contribution in [0, 0.1) is 0 Å². The number of dihydropyridines is 1. The number of carbonyl (C=O) groups excluding carboxylic acids is 2. The van der Waals surface area contributed by atoms with Crippen LogP contribution in [0.1, 0.15) is 64.4 Å². The van der Waals surface area contributed by atoms with E-state index in [0.29, 0.717) is 12.0 Å². The zero-order chi connectivity index (χ0) is 22.7. The van der Waals surface area contributed by atoms with E-state index in [1.165, 1.54) is 0 Å². The van der Waals surface area contributed by atoms with Gasteiger partial charge in [0.05, 0.1) is 11.7 Å². The summed E-state index contributed by atoms with van der Waals surface area (Å²) in [7, 11) is 0. The second kappa shape index (κ2) is 9.90. The number of hydrogen-bond donors (Lipinski definition) is 1. The number of hydrogen-bond acceptors (Lipinski definition) is 6. The summed E-state index contributed by atoms with van der Waals surface area (Å²) in [6.45, 7) is 9.00. The van der Waals surface area contributed by atoms with Crippen LogP contribution in [0.25, 0.3) is 0 Å². The second-order valence-corrected chi connectivity index (χ2v) is 8.76. The molecule has 0 saturated carbocycles. The van der Waals surface area contributed by atoms with Gasteiger partial charge in [0.2, 0.25) is 0 Å². The minimum absolute atomic E-state index is 0.0331. The lowest BCUT2D eigenvalue weighted by Gasteiger charge is -2.34. The molecule has 1 saturated heterocycles. The fourth-order valence-electron chi connectivity index (χ4n) is 5.08. The van der Waals surface area contributed by atoms with Crippen molar-refractivity contribution >= 4 is 17.4 Å². The highest BCUT2D eigenvalue weighted by atomic mass is 16.6. The van der Waals surface area contributed by atoms with Crippen molar-refractivity contribution in [2.45, 2.75) is 64.9 Å². The fourth-order valence-corrected chi connectivity index (χ4v) is 5.08. The van der Waals surface area contributed by atoms with Gasteiger partial charge in [0.25, 0.3) is 0 Å². The van der Waals surface area contributed by atoms with Gasteiger partial charge >= 0.3 is 5.97 Å². The molecular weight excluding hydrogens is 404 g/mol. The summed E-state index contributed by atoms with van der Waals surface area (Å²) in [6.07, 6.45) is 4.06. The second-order valence-electron chi connectivity index (χ2n) is 8.76. The maximum atomic E-state index is 13.3. The van der Waals surface area contributed by atoms with Crippen LogP contribution in [0.4, 0.5) is 5.69 Å². The quantitative estimate of drug-likeness (QED) is 0.643. The molecule has 2 unspecified atom stereocenters. The van der Waals surface area contributed by atoms with E-state index in [1.807, 2.05) is 6.92 Å². The fraction of sp³-hybridized carbons (Fsp3) is 0.538. The lowest BCUT2D eigenvalue weighted by atomic mass is 9.75. The van der Waals surface area contributed by atoms with Gasteiger partial charge in [-0.25, -0.2) is 4.79 Å². The van der Waals surface area contributed by atoms with Crippen molar-refractivity contribution in [3.63, 3.8) is 0 Å². The molecule has 2 atom stereocenters. The standard InChI is InChI=1S/C26H34N2O4/c1-4-28(5-2)19-13-11-18(12-14-19)24-23(26(30)32-16-20-8-7-15-31-20)17(3)27-21-9-6-10-22(29)25(21)24/h11-14,20,24,27H,4-10,15-16H2,1-3H3. The van der Waals surface area contributed by atoms with Gasteiger partial charge in [0.15, 0.2) is 5.78 Å². The van der Waals surface area contributed by atoms with Crippen LogP contribution in [0.3, 0.4) is 0 Å². The molecule has 0 radical (unpaired) electrons. The Kier molecular flexibility index (Phi) is 6.99. The summed E-state index contributed by atoms with van der Waals surface area (Å²) in [5.41, 5.74) is 5.07. The Hall–Kier alpha value is -2.60. The molecule has 32 heavy (non-hydrogen) atoms. The number of carbonyl (C=O) groups is 2. The Labute approximate surface area is 190 Å². The molecular formula is C26H34N2O4. The number of esters is 1. The Morgan fingerprint density at radius 3 is 2.56 bits per heavy atom. The zero-order valence-electron chi connectivity index (χ0n) is 19.4. The van der Waals surface area contributed by atoms with E-state index in [4.69, 9.17) is 9.47 Å². The average Bonchev–Trinajstić information content (AvgIpc) is 3.32. The summed E-state index contributed by atoms with van der Waals surface area (Å²) in [5.74, 6) is -0.650. The van der Waals surface area contributed by atoms with E-state index in [-0.39, 0.29) is 24.5 Å². The van der Waals surface area contributed by atoms with Crippen molar-refractivity contribution in [2.24, 2.45) is 0 Å². The number of ether oxygens (including phenoxy) is 2. The van der Waals surface area contributed by atoms with Crippen LogP contribution >= 0.6 is 0 Å². The number of benzene rings is 1. The van der Waals surface area contributed by atoms with Gasteiger partial charge in [0.1, 0.15) is 6.61 Å². The summed E-state index contributed by atoms with van der Waals surface area (Å²) in [5, 5.41) is 3.35. The molecule has 6 heteroatoms. The molecule has 1 fully saturated rings. The van der Waals surface area contributed by atoms with Gasteiger partial charge < -0.3 is 19.7 Å². The first-order valence-electron chi connectivity index (χ1n) is 11.9. The van der Waals surface area contributed by atoms with Gasteiger partial charge in [-0.3, -0.25) is 4.79 Å². The number of allylic oxidation sites excluding steroid dienone is 3. The highest BCUT2D eigenvalue weighted by molar-refractivity contribution is 6.03. The number of ketones is 1. The molecule has 2 heterocycles. The number of anilines is 1. The molecule has 1 aromatic carbocycles. The molecule has 172 valence electrons. The Morgan fingerprint density at radius 1 is 1.16 bits per heavy atom. The van der Waals surface area contributed by atoms with Crippen molar-refractivity contribution in [3.8, 4) is 0 Å². The van der Waals surface area contributed by atoms with Crippen LogP contribution in [0.2, 0.25) is 0 Å². The van der Waals surface area contributed by atoms with E-state index in [9.17, 15) is 9.59 Å². The van der Waals surface area contributed by atoms with Crippen LogP contribution in [0.5, 0.6) is 0 Å². The number of nitrogens with one attached hydrogen (secondary N) is 1. The Balaban J connectivity index is 1.67. The molecule has 0 spiro atoms. The van der Waals surface area contributed by atoms with E-state index < -0.39 is 5.92 Å². The van der Waals surface area contributed by atoms with E-state index >= 15 is 0 Å². The van der Waals surface area contributed by atoms with Crippen LogP contribution < -0.4 is 10.2 Å². The third-order valence-electron chi connectivity index (χ3n) is 6.78. The minimum atomic E-state index is -0.401. The van der Waals surface area contributed by atoms with Gasteiger partial charge in [-0.2, -0.15) is 0 Å². The van der Waals surface area contributed by atoms with Gasteiger partial charge in [0, 0.05) is 54.7 Å². The summed E-state index contributed by atoms with van der Waals surface area (Å²) < 4.78 is 11.3. The molecule has 1 aliphatic carbocycles. The third-order valence-corrected chi connectivity index (χ3v) is 6.78. The minimum Gasteiger partial charge on any atom is -0.459 e. The van der Waals surface area contributed by atoms with Crippen molar-refractivity contribution < 1.29 is 19.1 Å². The normalized spacial score (nSPS) is 23.2. The first-order chi connectivity index (χ1) is 15.5. The molecule has 1 N–H and O–H groups in total. The molecule has 2 aliphatic heterocycles. The smallest absolute Gasteiger partial charge is 0.336 e. The molecule has 3 aliphatic rings. The lowest BCUT2D eigenvalue weighted by molar-refractivity contribution is -0.142. The first-order valence-corrected chi connectivity index (χ1v) is 11.9. The monoisotopic (exact) mass is 438 g/mol. The SMILES string of the molecule is CCN(CC)c1ccc(C2C(C(=O)OCC3CCCO3)=C(C)NC3=C2C(=O)CCC3)cc1. The maximum absolute atomic E-state index is 13.3. The molecule has 0 aromatic heterocycles. The topological polar surface area (TPSA) is 67.9 Å². The van der Waals surface area contributed by atoms with E-state index in [0.717, 1.165) is 73.6 Å². The predicted octanol–water partition coefficient (Wildman–Crippen LogP) is 4.22. The number of rotatable bonds is 7. The molecule has 0 bridgehead atoms. The Morgan fingerprint density at radius 2 is 1.91 bits per heavy atom. The van der Waals surface area contributed by atoms with Gasteiger partial charge in [-0.15, -0.1) is 0 Å². The number of Topliss-reactive ketones (excluding diaryl/α,β-unsaturated/α-hetero) is 1. The zero-order valence-corrected chi connectivity index (χ0v) is 19.4. The molecule has 0 amide bonds. The lowest BCUT2D eigenvalue weighted by Crippen LogP contribution is -2.35. The summed E-state index contributed by atoms with van der Waals surface area (Å²) >= 11 is 0. The largest absolute Gasteiger partial charge is 0.459 e. The van der Waals surface area contributed by atoms with E-state index in [2.05, 4.69) is 48.3 Å². The number of nitrogens with zero attached hydrogens (tertiary/aromatic N) is 1. The highest BCUT2D eigenvalue weighted by Gasteiger charge is 2.39. The summed E-state index contributed by atoms with van der Waals surface area (Å²) in [6, 6.07) is 8.28. The van der Waals surface area contributed by atoms with Crippen LogP contribution in [-0.4, -0.2) is 44.2 Å². The van der Waals surface area contributed by atoms with Crippen molar-refractivity contribution in [2.75, 3.05) is 31.2 Å². The van der Waals surface area contributed by atoms with E-state index in [1.54, 1.807) is 0 Å².